The van der Waals surface area contributed by atoms with Crippen molar-refractivity contribution in [3.8, 4) is 0 Å². The van der Waals surface area contributed by atoms with Gasteiger partial charge in [0.1, 0.15) is 0 Å². The second-order valence-electron chi connectivity index (χ2n) is 26.2. The standard InChI is InChI=1S/C48H124O23Si13/c1-50-84(51-2,52-3)48-47-73(6,7)62-75(10,11)64-77(14,15)66-79(18,19)68-81(22,23)70-83(26,27)71-82(24,25)69-80(20,21)67-78(16,17)65-76(12,13)63-74(8,9)61-72(4,5)46-28-30-53-32-34-55-36-38-57-40-42-59-44-45-60-43-41-58-39-37-56-35-33-54-31-29-49/h49H,28-48H2,1-27H3. The Kier molecular flexibility index (Phi) is 40.5. The minimum atomic E-state index is -2.82. The Morgan fingerprint density at radius 1 is 0.214 bits per heavy atom. The molecule has 0 heterocycles. The normalized spacial score (nSPS) is 14.6. The molecule has 0 aliphatic rings. The molecule has 0 spiro atoms. The van der Waals surface area contributed by atoms with Gasteiger partial charge in [0, 0.05) is 34.0 Å². The van der Waals surface area contributed by atoms with Crippen LogP contribution < -0.4 is 0 Å². The summed E-state index contributed by atoms with van der Waals surface area (Å²) >= 11 is 0. The summed E-state index contributed by atoms with van der Waals surface area (Å²) in [6.45, 7) is 58.2. The van der Waals surface area contributed by atoms with Crippen molar-refractivity contribution in [2.75, 3.05) is 134 Å². The van der Waals surface area contributed by atoms with Crippen LogP contribution in [0.2, 0.25) is 175 Å². The first kappa shape index (κ1) is 85.9. The fraction of sp³-hybridized carbons (Fsp3) is 1.00. The van der Waals surface area contributed by atoms with Crippen molar-refractivity contribution in [1.82, 2.24) is 0 Å². The zero-order valence-electron chi connectivity index (χ0n) is 57.8. The molecule has 0 aliphatic carbocycles. The average Bonchev–Trinajstić information content (AvgIpc) is 3.47. The molecule has 0 rings (SSSR count). The van der Waals surface area contributed by atoms with E-state index in [0.29, 0.717) is 112 Å². The lowest BCUT2D eigenvalue weighted by Crippen LogP contribution is -2.62. The van der Waals surface area contributed by atoms with Gasteiger partial charge < -0.3 is 102 Å². The summed E-state index contributed by atoms with van der Waals surface area (Å²) < 4.78 is 137. The van der Waals surface area contributed by atoms with E-state index in [1.165, 1.54) is 0 Å². The Hall–Kier alpha value is 1.90. The predicted molar refractivity (Wildman–Crippen MR) is 361 cm³/mol. The van der Waals surface area contributed by atoms with Crippen molar-refractivity contribution in [2.45, 2.75) is 182 Å². The van der Waals surface area contributed by atoms with Crippen molar-refractivity contribution in [3.05, 3.63) is 0 Å². The van der Waals surface area contributed by atoms with Gasteiger partial charge >= 0.3 is 94.4 Å². The lowest BCUT2D eigenvalue weighted by molar-refractivity contribution is -0.0238. The summed E-state index contributed by atoms with van der Waals surface area (Å²) in [6, 6.07) is 2.43. The number of aliphatic hydroxyl groups is 1. The van der Waals surface area contributed by atoms with Crippen LogP contribution >= 0.6 is 0 Å². The van der Waals surface area contributed by atoms with E-state index in [1.54, 1.807) is 21.3 Å². The Balaban J connectivity index is 4.85. The van der Waals surface area contributed by atoms with Gasteiger partial charge in [0.05, 0.1) is 106 Å². The fourth-order valence-corrected chi connectivity index (χ4v) is 75.5. The Labute approximate surface area is 524 Å². The molecule has 0 amide bonds. The van der Waals surface area contributed by atoms with E-state index in [-0.39, 0.29) is 6.61 Å². The summed E-state index contributed by atoms with van der Waals surface area (Å²) in [5.74, 6) is 0. The van der Waals surface area contributed by atoms with Gasteiger partial charge in [0.2, 0.25) is 0 Å². The van der Waals surface area contributed by atoms with E-state index >= 15 is 0 Å². The maximum atomic E-state index is 8.66. The SMILES string of the molecule is CO[Si](CC[Si](C)(C)O[Si](C)(C)O[Si](C)(C)O[Si](C)(C)O[Si](C)(C)O[Si](C)(C)O[Si](C)(C)O[Si](C)(C)O[Si](C)(C)O[Si](C)(C)O[Si](C)(C)O[Si](C)(C)CCCOCCOCCOCCOCCOCCOCCOCCOCCO)(OC)OC. The third-order valence-corrected chi connectivity index (χ3v) is 61.3. The number of ether oxygens (including phenoxy) is 8. The van der Waals surface area contributed by atoms with Crippen LogP contribution in [-0.2, 0) is 96.4 Å². The molecular formula is C48H124O23Si13. The van der Waals surface area contributed by atoms with Crippen LogP contribution in [0.5, 0.6) is 0 Å². The molecule has 0 aromatic carbocycles. The van der Waals surface area contributed by atoms with Crippen molar-refractivity contribution >= 4 is 111 Å². The molecule has 23 nitrogen and oxygen atoms in total. The fourth-order valence-electron chi connectivity index (χ4n) is 10.3. The lowest BCUT2D eigenvalue weighted by Gasteiger charge is -2.45. The highest BCUT2D eigenvalue weighted by molar-refractivity contribution is 6.94. The molecular weight excluding hydrogens is 1310 g/mol. The monoisotopic (exact) mass is 1430 g/mol. The molecule has 0 unspecified atom stereocenters. The Morgan fingerprint density at radius 3 is 0.595 bits per heavy atom. The summed E-state index contributed by atoms with van der Waals surface area (Å²) in [5.41, 5.74) is 0. The van der Waals surface area contributed by atoms with Crippen molar-refractivity contribution < 1.29 is 102 Å². The molecule has 0 atom stereocenters. The van der Waals surface area contributed by atoms with E-state index < -0.39 is 111 Å². The van der Waals surface area contributed by atoms with Crippen molar-refractivity contribution in [3.63, 3.8) is 0 Å². The predicted octanol–water partition coefficient (Wildman–Crippen LogP) is 9.99. The van der Waals surface area contributed by atoms with Gasteiger partial charge in [-0.2, -0.15) is 0 Å². The molecule has 0 aromatic rings. The summed E-state index contributed by atoms with van der Waals surface area (Å²) in [4.78, 5) is 0. The molecule has 0 saturated carbocycles. The second-order valence-corrected chi connectivity index (χ2v) is 74.3. The van der Waals surface area contributed by atoms with Crippen LogP contribution in [0.4, 0.5) is 0 Å². The maximum Gasteiger partial charge on any atom is 0.499 e. The van der Waals surface area contributed by atoms with Crippen LogP contribution in [-0.4, -0.2) is 250 Å². The lowest BCUT2D eigenvalue weighted by atomic mass is 10.5. The first-order valence-electron chi connectivity index (χ1n) is 29.8. The van der Waals surface area contributed by atoms with Crippen molar-refractivity contribution in [2.24, 2.45) is 0 Å². The van der Waals surface area contributed by atoms with Gasteiger partial charge in [-0.25, -0.2) is 0 Å². The molecule has 36 heteroatoms. The quantitative estimate of drug-likeness (QED) is 0.0442. The van der Waals surface area contributed by atoms with Gasteiger partial charge in [-0.3, -0.25) is 0 Å². The molecule has 506 valence electrons. The van der Waals surface area contributed by atoms with Crippen molar-refractivity contribution in [1.29, 1.82) is 0 Å². The topological polar surface area (TPSA) is 223 Å². The smallest absolute Gasteiger partial charge is 0.436 e. The van der Waals surface area contributed by atoms with E-state index in [1.807, 2.05) is 0 Å². The van der Waals surface area contributed by atoms with Crippen LogP contribution in [0.25, 0.3) is 0 Å². The third-order valence-electron chi connectivity index (χ3n) is 11.3. The first-order chi connectivity index (χ1) is 38.2. The molecule has 0 fully saturated rings. The van der Waals surface area contributed by atoms with E-state index in [9.17, 15) is 0 Å². The molecule has 0 saturated heterocycles. The van der Waals surface area contributed by atoms with Gasteiger partial charge in [0.25, 0.3) is 0 Å². The van der Waals surface area contributed by atoms with Crippen LogP contribution in [0.1, 0.15) is 6.42 Å². The number of hydrogen-bond donors (Lipinski definition) is 1. The highest BCUT2D eigenvalue weighted by Crippen LogP contribution is 2.33. The first-order valence-corrected chi connectivity index (χ1v) is 66.2. The third kappa shape index (κ3) is 45.2. The molecule has 1 N–H and O–H groups in total. The molecule has 0 aromatic heterocycles. The highest BCUT2D eigenvalue weighted by Gasteiger charge is 2.52. The molecule has 0 radical (unpaired) electrons. The van der Waals surface area contributed by atoms with E-state index in [0.717, 1.165) is 18.5 Å². The molecule has 84 heavy (non-hydrogen) atoms. The minimum Gasteiger partial charge on any atom is -0.436 e. The van der Waals surface area contributed by atoms with E-state index in [2.05, 4.69) is 157 Å². The number of hydrogen-bond acceptors (Lipinski definition) is 23. The molecule has 0 aliphatic heterocycles. The molecule has 0 bridgehead atoms. The zero-order valence-corrected chi connectivity index (χ0v) is 70.8. The van der Waals surface area contributed by atoms with Crippen LogP contribution in [0.3, 0.4) is 0 Å². The van der Waals surface area contributed by atoms with Gasteiger partial charge in [0.15, 0.2) is 16.6 Å². The number of aliphatic hydroxyl groups excluding tert-OH is 1. The van der Waals surface area contributed by atoms with Gasteiger partial charge in [-0.1, -0.05) is 0 Å². The Bertz CT molecular complexity index is 1730. The highest BCUT2D eigenvalue weighted by atomic mass is 28.5. The maximum absolute atomic E-state index is 8.66. The Morgan fingerprint density at radius 2 is 0.393 bits per heavy atom. The van der Waals surface area contributed by atoms with Crippen LogP contribution in [0.15, 0.2) is 0 Å². The summed E-state index contributed by atoms with van der Waals surface area (Å²) in [7, 11) is -29.6. The average molecular weight is 1430 g/mol. The van der Waals surface area contributed by atoms with Crippen LogP contribution in [0, 0.1) is 0 Å². The minimum absolute atomic E-state index is 0.0164. The van der Waals surface area contributed by atoms with Gasteiger partial charge in [-0.05, 0) is 176 Å². The largest absolute Gasteiger partial charge is 0.499 e. The number of rotatable bonds is 55. The zero-order chi connectivity index (χ0) is 64.9. The summed E-state index contributed by atoms with van der Waals surface area (Å²) in [6.07, 6.45) is 0.894. The van der Waals surface area contributed by atoms with Gasteiger partial charge in [-0.15, -0.1) is 0 Å². The second kappa shape index (κ2) is 39.6. The summed E-state index contributed by atoms with van der Waals surface area (Å²) in [5, 5.41) is 8.66. The van der Waals surface area contributed by atoms with E-state index in [4.69, 9.17) is 102 Å².